The Labute approximate surface area is 60.2 Å². The Hall–Kier alpha value is 0.340. The van der Waals surface area contributed by atoms with Crippen LogP contribution in [0.2, 0.25) is 0 Å². The average Bonchev–Trinajstić information content (AvgIpc) is 1.19. The maximum Gasteiger partial charge on any atom is 0.254 e. The van der Waals surface area contributed by atoms with E-state index >= 15 is 0 Å². The highest BCUT2D eigenvalue weighted by molar-refractivity contribution is 7.66. The van der Waals surface area contributed by atoms with Gasteiger partial charge in [-0.05, 0) is 0 Å². The Morgan fingerprint density at radius 2 is 1.11 bits per heavy atom. The number of hydrogen-bond acceptors (Lipinski definition) is 2. The van der Waals surface area contributed by atoms with Crippen molar-refractivity contribution in [2.75, 3.05) is 0 Å². The third kappa shape index (κ3) is 17.8. The van der Waals surface area contributed by atoms with Gasteiger partial charge in [0.05, 0.1) is 0 Å². The molecule has 0 aliphatic heterocycles. The van der Waals surface area contributed by atoms with Crippen LogP contribution in [-0.4, -0.2) is 13.0 Å². The van der Waals surface area contributed by atoms with E-state index in [1.807, 2.05) is 0 Å². The summed E-state index contributed by atoms with van der Waals surface area (Å²) in [6.45, 7) is 0. The van der Waals surface area contributed by atoms with Gasteiger partial charge in [-0.2, -0.15) is 9.90 Å². The normalized spacial score (nSPS) is 14.4. The molecule has 0 spiro atoms. The van der Waals surface area contributed by atoms with Crippen LogP contribution in [0.1, 0.15) is 25.7 Å². The molecule has 1 fully saturated rings. The fraction of sp³-hybridized carbons (Fsp3) is 1.00. The summed E-state index contributed by atoms with van der Waals surface area (Å²) in [6, 6.07) is 0. The van der Waals surface area contributed by atoms with Crippen molar-refractivity contribution in [3.8, 4) is 0 Å². The van der Waals surface area contributed by atoms with Crippen LogP contribution in [0.25, 0.3) is 0 Å². The maximum absolute atomic E-state index is 8.59. The van der Waals surface area contributed by atoms with E-state index in [-0.39, 0.29) is 9.90 Å². The molecule has 0 heterocycles. The minimum atomic E-state index is -3.12. The fourth-order valence-corrected chi connectivity index (χ4v) is 0.250. The standard InChI is InChI=1S/C4H8.H2O3S.H3P/c1-2-4-3-1;1-4(2)3;/h1-4H2;4H,(H,1,2,3);1H3. The van der Waals surface area contributed by atoms with E-state index in [9.17, 15) is 0 Å². The van der Waals surface area contributed by atoms with Gasteiger partial charge in [0, 0.05) is 0 Å². The predicted octanol–water partition coefficient (Wildman–Crippen LogP) is 0.689. The Morgan fingerprint density at radius 3 is 1.11 bits per heavy atom. The van der Waals surface area contributed by atoms with Crippen molar-refractivity contribution < 1.29 is 13.0 Å². The smallest absolute Gasteiger partial charge is 0.254 e. The van der Waals surface area contributed by atoms with E-state index in [0.717, 1.165) is 0 Å². The topological polar surface area (TPSA) is 54.4 Å². The molecule has 0 radical (unpaired) electrons. The van der Waals surface area contributed by atoms with E-state index in [1.54, 1.807) is 0 Å². The highest BCUT2D eigenvalue weighted by Gasteiger charge is 1.95. The molecule has 0 amide bonds. The molecule has 3 nitrogen and oxygen atoms in total. The first-order valence-corrected chi connectivity index (χ1v) is 3.70. The minimum absolute atomic E-state index is 0. The van der Waals surface area contributed by atoms with Gasteiger partial charge in [0.2, 0.25) is 0 Å². The van der Waals surface area contributed by atoms with Crippen molar-refractivity contribution in [2.45, 2.75) is 25.7 Å². The van der Waals surface area contributed by atoms with Crippen molar-refractivity contribution in [1.82, 2.24) is 0 Å². The quantitative estimate of drug-likeness (QED) is 0.321. The summed E-state index contributed by atoms with van der Waals surface area (Å²) in [7, 11) is -3.12. The Morgan fingerprint density at radius 1 is 1.00 bits per heavy atom. The fourth-order valence-electron chi connectivity index (χ4n) is 0.250. The molecule has 1 saturated carbocycles. The molecule has 0 bridgehead atoms. The zero-order valence-electron chi connectivity index (χ0n) is 5.25. The summed E-state index contributed by atoms with van der Waals surface area (Å²) in [5.74, 6) is 0. The number of thiol groups is 1. The van der Waals surface area contributed by atoms with Gasteiger partial charge in [-0.3, -0.25) is 4.55 Å². The van der Waals surface area contributed by atoms with Crippen LogP contribution in [-0.2, 0) is 11.0 Å². The molecule has 0 aromatic carbocycles. The molecule has 9 heavy (non-hydrogen) atoms. The zero-order chi connectivity index (χ0) is 6.41. The van der Waals surface area contributed by atoms with Gasteiger partial charge >= 0.3 is 0 Å². The summed E-state index contributed by atoms with van der Waals surface area (Å²) in [5.41, 5.74) is 0. The van der Waals surface area contributed by atoms with Crippen molar-refractivity contribution in [2.24, 2.45) is 0 Å². The van der Waals surface area contributed by atoms with Gasteiger partial charge in [-0.25, -0.2) is 8.42 Å². The second-order valence-electron chi connectivity index (χ2n) is 1.65. The molecule has 1 rings (SSSR count). The lowest BCUT2D eigenvalue weighted by atomic mass is 10.0. The van der Waals surface area contributed by atoms with Crippen LogP contribution in [0.5, 0.6) is 0 Å². The van der Waals surface area contributed by atoms with Gasteiger partial charge < -0.3 is 0 Å². The van der Waals surface area contributed by atoms with Crippen LogP contribution in [0.4, 0.5) is 0 Å². The van der Waals surface area contributed by atoms with Crippen LogP contribution in [0, 0.1) is 0 Å². The summed E-state index contributed by atoms with van der Waals surface area (Å²) in [4.78, 5) is 0. The van der Waals surface area contributed by atoms with E-state index in [2.05, 4.69) is 0 Å². The molecule has 1 unspecified atom stereocenters. The van der Waals surface area contributed by atoms with Crippen LogP contribution in [0.15, 0.2) is 0 Å². The predicted molar refractivity (Wildman–Crippen MR) is 42.5 cm³/mol. The van der Waals surface area contributed by atoms with E-state index in [1.165, 1.54) is 25.7 Å². The van der Waals surface area contributed by atoms with Crippen LogP contribution >= 0.6 is 9.90 Å². The molecular weight excluding hydrogens is 159 g/mol. The SMILES string of the molecule is C1CCC1.O=[SH](=O)O.P. The molecule has 1 aliphatic rings. The molecule has 58 valence electrons. The first kappa shape index (κ1) is 12.1. The number of rotatable bonds is 0. The third-order valence-corrected chi connectivity index (χ3v) is 1.000. The minimum Gasteiger partial charge on any atom is -0.288 e. The Kier molecular flexibility index (Phi) is 11.2. The van der Waals surface area contributed by atoms with Crippen molar-refractivity contribution in [3.05, 3.63) is 0 Å². The summed E-state index contributed by atoms with van der Waals surface area (Å²) < 4.78 is 24.2. The van der Waals surface area contributed by atoms with Gasteiger partial charge in [0.15, 0.2) is 0 Å². The van der Waals surface area contributed by atoms with E-state index in [4.69, 9.17) is 13.0 Å². The lowest BCUT2D eigenvalue weighted by Gasteiger charge is -2.05. The maximum atomic E-state index is 8.59. The summed E-state index contributed by atoms with van der Waals surface area (Å²) in [6.07, 6.45) is 6.00. The van der Waals surface area contributed by atoms with Gasteiger partial charge in [0.25, 0.3) is 11.0 Å². The van der Waals surface area contributed by atoms with Crippen LogP contribution < -0.4 is 0 Å². The second kappa shape index (κ2) is 8.34. The lowest BCUT2D eigenvalue weighted by molar-refractivity contribution is 0.504. The second-order valence-corrected chi connectivity index (χ2v) is 2.13. The number of hydrogen-bond donors (Lipinski definition) is 2. The van der Waals surface area contributed by atoms with E-state index < -0.39 is 11.0 Å². The first-order valence-electron chi connectivity index (χ1n) is 2.57. The molecule has 0 saturated heterocycles. The molecule has 0 aromatic heterocycles. The Balaban J connectivity index is 0. The van der Waals surface area contributed by atoms with Gasteiger partial charge in [-0.15, -0.1) is 0 Å². The van der Waals surface area contributed by atoms with Gasteiger partial charge in [-0.1, -0.05) is 25.7 Å². The molecule has 1 aliphatic carbocycles. The highest BCUT2D eigenvalue weighted by Crippen LogP contribution is 2.15. The van der Waals surface area contributed by atoms with Crippen molar-refractivity contribution >= 4 is 20.9 Å². The summed E-state index contributed by atoms with van der Waals surface area (Å²) in [5, 5.41) is 0. The van der Waals surface area contributed by atoms with Crippen molar-refractivity contribution in [1.29, 1.82) is 0 Å². The average molecular weight is 172 g/mol. The monoisotopic (exact) mass is 172 g/mol. The lowest BCUT2D eigenvalue weighted by Crippen LogP contribution is -1.85. The molecule has 5 heteroatoms. The third-order valence-electron chi connectivity index (χ3n) is 1.000. The van der Waals surface area contributed by atoms with E-state index in [0.29, 0.717) is 0 Å². The summed E-state index contributed by atoms with van der Waals surface area (Å²) >= 11 is 0. The van der Waals surface area contributed by atoms with Crippen molar-refractivity contribution in [3.63, 3.8) is 0 Å². The Bertz CT molecular complexity index is 96.4. The molecule has 1 atom stereocenters. The highest BCUT2D eigenvalue weighted by atomic mass is 32.2. The van der Waals surface area contributed by atoms with Crippen LogP contribution in [0.3, 0.4) is 0 Å². The molecule has 0 aromatic rings. The zero-order valence-corrected chi connectivity index (χ0v) is 7.56. The molecular formula is C4H13O3PS. The molecule has 1 N–H and O–H groups in total. The first-order chi connectivity index (χ1) is 3.73. The largest absolute Gasteiger partial charge is 0.288 e. The van der Waals surface area contributed by atoms with Gasteiger partial charge in [0.1, 0.15) is 0 Å².